The minimum absolute atomic E-state index is 0.00459. The molecule has 0 amide bonds. The lowest BCUT2D eigenvalue weighted by molar-refractivity contribution is 0.0975. The van der Waals surface area contributed by atoms with Crippen molar-refractivity contribution in [3.05, 3.63) is 35.4 Å². The highest BCUT2D eigenvalue weighted by molar-refractivity contribution is 5.96. The van der Waals surface area contributed by atoms with Crippen molar-refractivity contribution in [2.75, 3.05) is 0 Å². The fourth-order valence-electron chi connectivity index (χ4n) is 1.92. The molecule has 0 aromatic heterocycles. The van der Waals surface area contributed by atoms with E-state index in [2.05, 4.69) is 6.92 Å². The van der Waals surface area contributed by atoms with Crippen LogP contribution in [0.25, 0.3) is 0 Å². The Hall–Kier alpha value is -1.25. The third kappa shape index (κ3) is 4.94. The van der Waals surface area contributed by atoms with Gasteiger partial charge in [-0.3, -0.25) is 4.79 Å². The summed E-state index contributed by atoms with van der Waals surface area (Å²) < 4.78 is 26.0. The van der Waals surface area contributed by atoms with Crippen molar-refractivity contribution >= 4 is 5.78 Å². The van der Waals surface area contributed by atoms with Crippen LogP contribution in [0.3, 0.4) is 0 Å². The minimum Gasteiger partial charge on any atom is -0.294 e. The molecule has 0 saturated heterocycles. The third-order valence-corrected chi connectivity index (χ3v) is 2.99. The van der Waals surface area contributed by atoms with E-state index in [-0.39, 0.29) is 11.3 Å². The zero-order valence-corrected chi connectivity index (χ0v) is 10.8. The van der Waals surface area contributed by atoms with Gasteiger partial charge in [0.1, 0.15) is 11.6 Å². The molecular formula is C15H20F2O. The Morgan fingerprint density at radius 2 is 1.72 bits per heavy atom. The first-order valence-corrected chi connectivity index (χ1v) is 6.63. The van der Waals surface area contributed by atoms with E-state index in [9.17, 15) is 13.6 Å². The van der Waals surface area contributed by atoms with Crippen LogP contribution in [0.4, 0.5) is 8.78 Å². The van der Waals surface area contributed by atoms with E-state index >= 15 is 0 Å². The van der Waals surface area contributed by atoms with E-state index in [1.807, 2.05) is 0 Å². The molecule has 0 radical (unpaired) electrons. The molecule has 0 N–H and O–H groups in total. The van der Waals surface area contributed by atoms with Gasteiger partial charge < -0.3 is 0 Å². The summed E-state index contributed by atoms with van der Waals surface area (Å²) in [6.45, 7) is 2.15. The van der Waals surface area contributed by atoms with E-state index in [0.29, 0.717) is 6.42 Å². The van der Waals surface area contributed by atoms with E-state index in [1.54, 1.807) is 0 Å². The van der Waals surface area contributed by atoms with Crippen LogP contribution in [0.5, 0.6) is 0 Å². The maximum Gasteiger partial charge on any atom is 0.165 e. The molecule has 1 rings (SSSR count). The average molecular weight is 254 g/mol. The molecule has 100 valence electrons. The van der Waals surface area contributed by atoms with Crippen molar-refractivity contribution in [3.63, 3.8) is 0 Å². The van der Waals surface area contributed by atoms with Gasteiger partial charge in [-0.05, 0) is 18.6 Å². The molecule has 18 heavy (non-hydrogen) atoms. The van der Waals surface area contributed by atoms with Crippen molar-refractivity contribution in [2.45, 2.75) is 51.9 Å². The van der Waals surface area contributed by atoms with Gasteiger partial charge in [-0.25, -0.2) is 8.78 Å². The molecular weight excluding hydrogens is 234 g/mol. The summed E-state index contributed by atoms with van der Waals surface area (Å²) in [6, 6.07) is 3.11. The summed E-state index contributed by atoms with van der Waals surface area (Å²) in [4.78, 5) is 11.7. The number of hydrogen-bond acceptors (Lipinski definition) is 1. The fraction of sp³-hybridized carbons (Fsp3) is 0.533. The third-order valence-electron chi connectivity index (χ3n) is 2.99. The molecule has 0 heterocycles. The number of ketones is 1. The van der Waals surface area contributed by atoms with Crippen LogP contribution < -0.4 is 0 Å². The molecule has 0 atom stereocenters. The Bertz CT molecular complexity index is 388. The van der Waals surface area contributed by atoms with Gasteiger partial charge in [-0.2, -0.15) is 0 Å². The van der Waals surface area contributed by atoms with E-state index < -0.39 is 11.6 Å². The van der Waals surface area contributed by atoms with E-state index in [4.69, 9.17) is 0 Å². The smallest absolute Gasteiger partial charge is 0.165 e. The van der Waals surface area contributed by atoms with Gasteiger partial charge in [0, 0.05) is 12.5 Å². The predicted octanol–water partition coefficient (Wildman–Crippen LogP) is 4.90. The quantitative estimate of drug-likeness (QED) is 0.476. The summed E-state index contributed by atoms with van der Waals surface area (Å²) in [5, 5.41) is 0. The molecule has 0 aliphatic carbocycles. The van der Waals surface area contributed by atoms with Crippen molar-refractivity contribution in [1.82, 2.24) is 0 Å². The molecule has 0 bridgehead atoms. The molecule has 0 fully saturated rings. The number of rotatable bonds is 8. The summed E-state index contributed by atoms with van der Waals surface area (Å²) in [5.74, 6) is -1.64. The molecule has 0 aliphatic rings. The largest absolute Gasteiger partial charge is 0.294 e. The van der Waals surface area contributed by atoms with Crippen LogP contribution in [0.15, 0.2) is 18.2 Å². The zero-order valence-electron chi connectivity index (χ0n) is 10.8. The Kier molecular flexibility index (Phi) is 6.55. The van der Waals surface area contributed by atoms with Crippen LogP contribution in [-0.2, 0) is 0 Å². The number of hydrogen-bond donors (Lipinski definition) is 0. The summed E-state index contributed by atoms with van der Waals surface area (Å²) in [7, 11) is 0. The molecule has 1 nitrogen and oxygen atoms in total. The fourth-order valence-corrected chi connectivity index (χ4v) is 1.92. The average Bonchev–Trinajstić information content (AvgIpc) is 2.33. The maximum absolute atomic E-state index is 13.3. The van der Waals surface area contributed by atoms with Crippen molar-refractivity contribution in [2.24, 2.45) is 0 Å². The number of carbonyl (C=O) groups excluding carboxylic acids is 1. The Balaban J connectivity index is 2.32. The number of unbranched alkanes of at least 4 members (excludes halogenated alkanes) is 5. The first kappa shape index (κ1) is 14.8. The topological polar surface area (TPSA) is 17.1 Å². The summed E-state index contributed by atoms with van der Waals surface area (Å²) in [5.41, 5.74) is 0.00459. The maximum atomic E-state index is 13.3. The van der Waals surface area contributed by atoms with Crippen molar-refractivity contribution < 1.29 is 13.6 Å². The Morgan fingerprint density at radius 1 is 1.06 bits per heavy atom. The second-order valence-corrected chi connectivity index (χ2v) is 4.57. The lowest BCUT2D eigenvalue weighted by atomic mass is 10.0. The summed E-state index contributed by atoms with van der Waals surface area (Å²) in [6.07, 6.45) is 6.84. The van der Waals surface area contributed by atoms with Gasteiger partial charge in [0.2, 0.25) is 0 Å². The van der Waals surface area contributed by atoms with Crippen molar-refractivity contribution in [3.8, 4) is 0 Å². The minimum atomic E-state index is -0.758. The Labute approximate surface area is 107 Å². The van der Waals surface area contributed by atoms with Gasteiger partial charge >= 0.3 is 0 Å². The predicted molar refractivity (Wildman–Crippen MR) is 68.7 cm³/mol. The standard InChI is InChI=1S/C15H20F2O/c1-2-3-4-5-6-7-8-15(18)13-10-9-12(16)11-14(13)17/h9-11H,2-8H2,1H3. The van der Waals surface area contributed by atoms with Crippen LogP contribution in [0.1, 0.15) is 62.2 Å². The zero-order chi connectivity index (χ0) is 13.4. The number of benzene rings is 1. The highest BCUT2D eigenvalue weighted by Gasteiger charge is 2.11. The molecule has 0 aliphatic heterocycles. The molecule has 0 unspecified atom stereocenters. The van der Waals surface area contributed by atoms with Gasteiger partial charge in [-0.15, -0.1) is 0 Å². The van der Waals surface area contributed by atoms with Gasteiger partial charge in [0.25, 0.3) is 0 Å². The van der Waals surface area contributed by atoms with E-state index in [0.717, 1.165) is 31.4 Å². The molecule has 0 saturated carbocycles. The lowest BCUT2D eigenvalue weighted by Crippen LogP contribution is -2.02. The highest BCUT2D eigenvalue weighted by Crippen LogP contribution is 2.14. The molecule has 1 aromatic carbocycles. The molecule has 3 heteroatoms. The van der Waals surface area contributed by atoms with Gasteiger partial charge in [0.15, 0.2) is 5.78 Å². The highest BCUT2D eigenvalue weighted by atomic mass is 19.1. The first-order valence-electron chi connectivity index (χ1n) is 6.63. The second-order valence-electron chi connectivity index (χ2n) is 4.57. The van der Waals surface area contributed by atoms with Gasteiger partial charge in [0.05, 0.1) is 5.56 Å². The van der Waals surface area contributed by atoms with Crippen LogP contribution in [0.2, 0.25) is 0 Å². The first-order chi connectivity index (χ1) is 8.65. The normalized spacial score (nSPS) is 10.6. The van der Waals surface area contributed by atoms with Crippen LogP contribution in [-0.4, -0.2) is 5.78 Å². The van der Waals surface area contributed by atoms with E-state index in [1.165, 1.54) is 25.3 Å². The number of halogens is 2. The Morgan fingerprint density at radius 3 is 2.39 bits per heavy atom. The van der Waals surface area contributed by atoms with Gasteiger partial charge in [-0.1, -0.05) is 39.0 Å². The van der Waals surface area contributed by atoms with Crippen molar-refractivity contribution in [1.29, 1.82) is 0 Å². The van der Waals surface area contributed by atoms with Crippen LogP contribution >= 0.6 is 0 Å². The lowest BCUT2D eigenvalue weighted by Gasteiger charge is -2.03. The number of carbonyl (C=O) groups is 1. The number of Topliss-reactive ketones (excluding diaryl/α,β-unsaturated/α-hetero) is 1. The SMILES string of the molecule is CCCCCCCCC(=O)c1ccc(F)cc1F. The molecule has 1 aromatic rings. The molecule has 0 spiro atoms. The van der Waals surface area contributed by atoms with Crippen LogP contribution in [0, 0.1) is 11.6 Å². The monoisotopic (exact) mass is 254 g/mol. The second kappa shape index (κ2) is 7.96. The summed E-state index contributed by atoms with van der Waals surface area (Å²) >= 11 is 0.